The second-order valence-electron chi connectivity index (χ2n) is 7.71. The molecule has 0 saturated carbocycles. The molecular formula is C22H42O5. The minimum atomic E-state index is -0.998. The van der Waals surface area contributed by atoms with Crippen LogP contribution in [0, 0.1) is 0 Å². The van der Waals surface area contributed by atoms with E-state index in [1.165, 1.54) is 70.6 Å². The molecule has 0 aromatic heterocycles. The monoisotopic (exact) mass is 386 g/mol. The van der Waals surface area contributed by atoms with E-state index in [-0.39, 0.29) is 13.2 Å². The Kier molecular flexibility index (Phi) is 15.0. The molecule has 5 heteroatoms. The highest BCUT2D eigenvalue weighted by atomic mass is 16.6. The van der Waals surface area contributed by atoms with Crippen molar-refractivity contribution >= 4 is 0 Å². The van der Waals surface area contributed by atoms with Crippen LogP contribution in [-0.2, 0) is 9.47 Å². The van der Waals surface area contributed by atoms with Crippen molar-refractivity contribution in [2.45, 2.75) is 108 Å². The lowest BCUT2D eigenvalue weighted by atomic mass is 10.1. The lowest BCUT2D eigenvalue weighted by molar-refractivity contribution is -0.0942. The second-order valence-corrected chi connectivity index (χ2v) is 7.71. The fourth-order valence-electron chi connectivity index (χ4n) is 3.50. The molecule has 5 nitrogen and oxygen atoms in total. The maximum absolute atomic E-state index is 9.80. The lowest BCUT2D eigenvalue weighted by Crippen LogP contribution is -2.42. The molecule has 1 aliphatic rings. The van der Waals surface area contributed by atoms with Crippen molar-refractivity contribution in [2.75, 3.05) is 19.8 Å². The van der Waals surface area contributed by atoms with Crippen LogP contribution in [0.4, 0.5) is 0 Å². The maximum Gasteiger partial charge on any atom is 0.114 e. The Morgan fingerprint density at radius 1 is 0.926 bits per heavy atom. The Balaban J connectivity index is 1.91. The predicted molar refractivity (Wildman–Crippen MR) is 109 cm³/mol. The van der Waals surface area contributed by atoms with Crippen molar-refractivity contribution in [3.05, 3.63) is 12.2 Å². The van der Waals surface area contributed by atoms with Crippen molar-refractivity contribution < 1.29 is 24.8 Å². The summed E-state index contributed by atoms with van der Waals surface area (Å²) in [6.45, 7) is 2.49. The van der Waals surface area contributed by atoms with Gasteiger partial charge in [0, 0.05) is 0 Å². The quantitative estimate of drug-likeness (QED) is 0.262. The van der Waals surface area contributed by atoms with E-state index < -0.39 is 24.4 Å². The van der Waals surface area contributed by atoms with Crippen LogP contribution in [0.5, 0.6) is 0 Å². The normalized spacial score (nSPS) is 24.1. The summed E-state index contributed by atoms with van der Waals surface area (Å²) in [7, 11) is 0. The largest absolute Gasteiger partial charge is 0.394 e. The van der Waals surface area contributed by atoms with E-state index in [9.17, 15) is 15.3 Å². The van der Waals surface area contributed by atoms with Crippen molar-refractivity contribution in [1.82, 2.24) is 0 Å². The van der Waals surface area contributed by atoms with Crippen molar-refractivity contribution in [1.29, 1.82) is 0 Å². The van der Waals surface area contributed by atoms with Crippen molar-refractivity contribution in [2.24, 2.45) is 0 Å². The van der Waals surface area contributed by atoms with Gasteiger partial charge in [-0.25, -0.2) is 0 Å². The molecule has 27 heavy (non-hydrogen) atoms. The molecule has 1 fully saturated rings. The predicted octanol–water partition coefficient (Wildman–Crippen LogP) is 3.74. The molecule has 0 bridgehead atoms. The number of unbranched alkanes of at least 4 members (excludes halogenated alkanes) is 11. The van der Waals surface area contributed by atoms with E-state index in [1.807, 2.05) is 6.08 Å². The molecule has 0 amide bonds. The zero-order valence-electron chi connectivity index (χ0n) is 17.2. The van der Waals surface area contributed by atoms with Gasteiger partial charge in [0.05, 0.1) is 19.8 Å². The summed E-state index contributed by atoms with van der Waals surface area (Å²) in [6, 6.07) is 0. The first-order valence-electron chi connectivity index (χ1n) is 11.1. The van der Waals surface area contributed by atoms with Gasteiger partial charge in [0.25, 0.3) is 0 Å². The third kappa shape index (κ3) is 11.2. The molecule has 1 rings (SSSR count). The number of hydrogen-bond donors (Lipinski definition) is 3. The summed E-state index contributed by atoms with van der Waals surface area (Å²) in [5.74, 6) is 0. The summed E-state index contributed by atoms with van der Waals surface area (Å²) in [4.78, 5) is 0. The topological polar surface area (TPSA) is 79.2 Å². The first-order valence-corrected chi connectivity index (χ1v) is 11.1. The first-order chi connectivity index (χ1) is 13.2. The third-order valence-corrected chi connectivity index (χ3v) is 5.28. The van der Waals surface area contributed by atoms with Crippen LogP contribution >= 0.6 is 0 Å². The number of hydrogen-bond acceptors (Lipinski definition) is 5. The van der Waals surface area contributed by atoms with Gasteiger partial charge in [-0.1, -0.05) is 83.3 Å². The zero-order valence-corrected chi connectivity index (χ0v) is 17.2. The molecule has 1 saturated heterocycles. The van der Waals surface area contributed by atoms with Gasteiger partial charge >= 0.3 is 0 Å². The summed E-state index contributed by atoms with van der Waals surface area (Å²) >= 11 is 0. The highest BCUT2D eigenvalue weighted by molar-refractivity contribution is 4.89. The molecule has 0 aromatic rings. The number of ether oxygens (including phenoxy) is 2. The van der Waals surface area contributed by atoms with Crippen LogP contribution < -0.4 is 0 Å². The van der Waals surface area contributed by atoms with Crippen LogP contribution in [0.2, 0.25) is 0 Å². The van der Waals surface area contributed by atoms with Gasteiger partial charge in [-0.15, -0.1) is 0 Å². The molecular weight excluding hydrogens is 344 g/mol. The van der Waals surface area contributed by atoms with Crippen LogP contribution in [0.15, 0.2) is 12.2 Å². The fourth-order valence-corrected chi connectivity index (χ4v) is 3.50. The van der Waals surface area contributed by atoms with Crippen LogP contribution in [-0.4, -0.2) is 59.6 Å². The molecule has 0 aromatic carbocycles. The van der Waals surface area contributed by atoms with Gasteiger partial charge in [0.15, 0.2) is 0 Å². The Morgan fingerprint density at radius 2 is 1.52 bits per heavy atom. The maximum atomic E-state index is 9.80. The smallest absolute Gasteiger partial charge is 0.114 e. The summed E-state index contributed by atoms with van der Waals surface area (Å²) in [5.41, 5.74) is 0. The highest BCUT2D eigenvalue weighted by Gasteiger charge is 2.40. The van der Waals surface area contributed by atoms with Gasteiger partial charge in [-0.05, 0) is 12.8 Å². The Hall–Kier alpha value is -0.460. The molecule has 0 unspecified atom stereocenters. The number of aliphatic hydroxyl groups is 3. The van der Waals surface area contributed by atoms with Crippen LogP contribution in [0.1, 0.15) is 84.0 Å². The van der Waals surface area contributed by atoms with Crippen molar-refractivity contribution in [3.8, 4) is 0 Å². The SMILES string of the molecule is CCCCCCCCCCCCC/C=C/CO[C@@H](CO)[C@H]1OC[C@@H](O)[C@H]1O. The van der Waals surface area contributed by atoms with Gasteiger partial charge < -0.3 is 24.8 Å². The summed E-state index contributed by atoms with van der Waals surface area (Å²) in [6.07, 6.45) is 16.8. The second kappa shape index (κ2) is 16.5. The highest BCUT2D eigenvalue weighted by Crippen LogP contribution is 2.19. The Labute approximate surface area is 165 Å². The Morgan fingerprint density at radius 3 is 2.04 bits per heavy atom. The molecule has 0 spiro atoms. The number of aliphatic hydroxyl groups excluding tert-OH is 3. The number of allylic oxidation sites excluding steroid dienone is 1. The van der Waals surface area contributed by atoms with Gasteiger partial charge in [-0.3, -0.25) is 0 Å². The third-order valence-electron chi connectivity index (χ3n) is 5.28. The van der Waals surface area contributed by atoms with Gasteiger partial charge in [0.2, 0.25) is 0 Å². The molecule has 4 atom stereocenters. The van der Waals surface area contributed by atoms with E-state index in [4.69, 9.17) is 9.47 Å². The summed E-state index contributed by atoms with van der Waals surface area (Å²) < 4.78 is 10.9. The van der Waals surface area contributed by atoms with Crippen LogP contribution in [0.25, 0.3) is 0 Å². The van der Waals surface area contributed by atoms with Crippen LogP contribution in [0.3, 0.4) is 0 Å². The van der Waals surface area contributed by atoms with E-state index in [0.717, 1.165) is 6.42 Å². The fraction of sp³-hybridized carbons (Fsp3) is 0.909. The van der Waals surface area contributed by atoms with E-state index in [0.29, 0.717) is 6.61 Å². The molecule has 3 N–H and O–H groups in total. The average molecular weight is 387 g/mol. The molecule has 0 aliphatic carbocycles. The lowest BCUT2D eigenvalue weighted by Gasteiger charge is -2.23. The van der Waals surface area contributed by atoms with Gasteiger partial charge in [-0.2, -0.15) is 0 Å². The standard InChI is InChI=1S/C22H42O5/c1-2-3-4-5-6-7-8-9-10-11-12-13-14-15-16-26-20(17-23)22-21(25)19(24)18-27-22/h14-15,19-25H,2-13,16-18H2,1H3/b15-14+/t19-,20+,21-,22-/m1/s1. The van der Waals surface area contributed by atoms with E-state index >= 15 is 0 Å². The Bertz CT molecular complexity index is 361. The van der Waals surface area contributed by atoms with E-state index in [1.54, 1.807) is 0 Å². The van der Waals surface area contributed by atoms with E-state index in [2.05, 4.69) is 13.0 Å². The first kappa shape index (κ1) is 24.6. The number of rotatable bonds is 17. The van der Waals surface area contributed by atoms with Crippen molar-refractivity contribution in [3.63, 3.8) is 0 Å². The van der Waals surface area contributed by atoms with Gasteiger partial charge in [0.1, 0.15) is 24.4 Å². The molecule has 0 radical (unpaired) electrons. The summed E-state index contributed by atoms with van der Waals surface area (Å²) in [5, 5.41) is 28.7. The average Bonchev–Trinajstić information content (AvgIpc) is 3.00. The molecule has 160 valence electrons. The minimum absolute atomic E-state index is 0.0837. The molecule has 1 heterocycles. The zero-order chi connectivity index (χ0) is 19.7. The molecule has 1 aliphatic heterocycles. The minimum Gasteiger partial charge on any atom is -0.394 e.